The fourth-order valence-electron chi connectivity index (χ4n) is 8.34. The van der Waals surface area contributed by atoms with E-state index in [1.165, 1.54) is 63.6 Å². The molecule has 4 rings (SSSR count). The lowest BCUT2D eigenvalue weighted by Crippen LogP contribution is -2.56. The Morgan fingerprint density at radius 2 is 1.36 bits per heavy atom. The molecule has 1 aliphatic heterocycles. The van der Waals surface area contributed by atoms with Gasteiger partial charge in [0.05, 0.1) is 24.9 Å². The lowest BCUT2D eigenvalue weighted by molar-refractivity contribution is -0.254. The number of aromatic nitrogens is 3. The number of aliphatic hydroxyl groups is 4. The summed E-state index contributed by atoms with van der Waals surface area (Å²) in [5.74, 6) is -0.339. The van der Waals surface area contributed by atoms with E-state index in [2.05, 4.69) is 165 Å². The van der Waals surface area contributed by atoms with Gasteiger partial charge in [-0.3, -0.25) is 4.79 Å². The van der Waals surface area contributed by atoms with Gasteiger partial charge in [-0.15, -0.1) is 5.10 Å². The molecule has 1 aromatic rings. The quantitative estimate of drug-likeness (QED) is 0.0945. The molecule has 0 unspecified atom stereocenters. The molecule has 4 N–H and O–H groups in total. The van der Waals surface area contributed by atoms with Crippen LogP contribution in [0.2, 0.25) is 0 Å². The van der Waals surface area contributed by atoms with Gasteiger partial charge in [0.15, 0.2) is 6.23 Å². The number of esters is 1. The molecule has 0 spiro atoms. The first-order chi connectivity index (χ1) is 28.8. The fourth-order valence-corrected chi connectivity index (χ4v) is 8.34. The third-order valence-corrected chi connectivity index (χ3v) is 11.9. The lowest BCUT2D eigenvalue weighted by Gasteiger charge is -2.39. The van der Waals surface area contributed by atoms with Crippen LogP contribution >= 0.6 is 0 Å². The Bertz CT molecular complexity index is 2030. The smallest absolute Gasteiger partial charge is 0.306 e. The van der Waals surface area contributed by atoms with Crippen molar-refractivity contribution in [3.05, 3.63) is 142 Å². The summed E-state index contributed by atoms with van der Waals surface area (Å²) in [4.78, 5) is 12.9. The summed E-state index contributed by atoms with van der Waals surface area (Å²) in [6.07, 6.45) is 29.9. The van der Waals surface area contributed by atoms with Crippen molar-refractivity contribution in [1.29, 1.82) is 0 Å². The molecule has 3 aliphatic rings. The minimum atomic E-state index is -1.53. The van der Waals surface area contributed by atoms with Crippen LogP contribution in [0.15, 0.2) is 136 Å². The lowest BCUT2D eigenvalue weighted by atomic mass is 9.71. The average molecular weight is 838 g/mol. The van der Waals surface area contributed by atoms with Crippen LogP contribution in [0.1, 0.15) is 120 Å². The van der Waals surface area contributed by atoms with Crippen molar-refractivity contribution in [2.75, 3.05) is 6.61 Å². The maximum absolute atomic E-state index is 12.9. The molecular formula is C51H71N3O7. The second-order valence-electron chi connectivity index (χ2n) is 18.4. The number of aryl methyl sites for hydroxylation is 1. The highest BCUT2D eigenvalue weighted by molar-refractivity contribution is 5.70. The van der Waals surface area contributed by atoms with Crippen molar-refractivity contribution in [3.63, 3.8) is 0 Å². The number of allylic oxidation sites excluding steroid dienone is 21. The number of carbonyl (C=O) groups is 1. The molecule has 332 valence electrons. The van der Waals surface area contributed by atoms with Gasteiger partial charge < -0.3 is 29.9 Å². The van der Waals surface area contributed by atoms with E-state index in [0.29, 0.717) is 18.5 Å². The molecule has 2 aliphatic carbocycles. The third-order valence-electron chi connectivity index (χ3n) is 11.9. The van der Waals surface area contributed by atoms with E-state index in [1.807, 2.05) is 0 Å². The standard InChI is InChI=1S/C51H71N3O7/c1-34(18-13-20-36(3)23-26-42-38(5)22-15-29-50(42,7)8)16-11-12-17-35(2)19-14-21-37(4)24-27-43-39(6)30-41(31-51(43,9)10)60-45(56)28-25-40-32-54(53-52-40)49-48(59)47(58)46(57)44(33-55)61-49/h11-14,16-21,23-24,26-27,32,41,44,46-49,55,57-59H,15,22,25,28-31,33H2,1-10H3/b12-11+,18-13+,19-14+,26-23+,27-24+,34-16+,35-17+,36-20+,37-21+/t41-,44-,46-,47+,48-,49-/m1/s1. The molecule has 1 fully saturated rings. The number of aliphatic hydroxyl groups excluding tert-OH is 4. The second-order valence-corrected chi connectivity index (χ2v) is 18.4. The zero-order chi connectivity index (χ0) is 44.9. The number of hydrogen-bond acceptors (Lipinski definition) is 9. The third kappa shape index (κ3) is 14.6. The van der Waals surface area contributed by atoms with Gasteiger partial charge >= 0.3 is 5.97 Å². The Labute approximate surface area is 364 Å². The minimum Gasteiger partial charge on any atom is -0.462 e. The first-order valence-electron chi connectivity index (χ1n) is 21.7. The summed E-state index contributed by atoms with van der Waals surface area (Å²) < 4.78 is 12.7. The maximum Gasteiger partial charge on any atom is 0.306 e. The molecule has 61 heavy (non-hydrogen) atoms. The van der Waals surface area contributed by atoms with Gasteiger partial charge in [0, 0.05) is 12.8 Å². The molecule has 0 bridgehead atoms. The van der Waals surface area contributed by atoms with Crippen LogP contribution in [-0.4, -0.2) is 78.5 Å². The molecule has 6 atom stereocenters. The Morgan fingerprint density at radius 3 is 1.92 bits per heavy atom. The molecule has 0 aromatic carbocycles. The molecule has 2 heterocycles. The maximum atomic E-state index is 12.9. The van der Waals surface area contributed by atoms with Crippen molar-refractivity contribution >= 4 is 5.97 Å². The number of nitrogens with zero attached hydrogens (tertiary/aromatic N) is 3. The Morgan fingerprint density at radius 1 is 0.803 bits per heavy atom. The monoisotopic (exact) mass is 838 g/mol. The molecular weight excluding hydrogens is 767 g/mol. The SMILES string of the molecule is CC1=C(/C=C/C(C)=C/C=C/C(C)=C/C=C/C=C(C)/C=C/C=C(C)/C=C/C2=C(C)C[C@@H](OC(=O)CCc3cn([C@@H]4O[C@H](CO)[C@@H](O)[C@H](O)[C@H]4O)nn3)CC2(C)C)C(C)(C)CCC1. The zero-order valence-electron chi connectivity index (χ0n) is 38.1. The van der Waals surface area contributed by atoms with Crippen molar-refractivity contribution in [2.24, 2.45) is 10.8 Å². The first-order valence-corrected chi connectivity index (χ1v) is 21.7. The summed E-state index contributed by atoms with van der Waals surface area (Å²) in [5.41, 5.74) is 10.7. The summed E-state index contributed by atoms with van der Waals surface area (Å²) in [7, 11) is 0. The van der Waals surface area contributed by atoms with Crippen molar-refractivity contribution in [2.45, 2.75) is 151 Å². The highest BCUT2D eigenvalue weighted by Crippen LogP contribution is 2.43. The predicted octanol–water partition coefficient (Wildman–Crippen LogP) is 9.32. The highest BCUT2D eigenvalue weighted by Gasteiger charge is 2.44. The summed E-state index contributed by atoms with van der Waals surface area (Å²) in [5, 5.41) is 48.0. The van der Waals surface area contributed by atoms with E-state index in [1.54, 1.807) is 0 Å². The van der Waals surface area contributed by atoms with E-state index in [0.717, 1.165) is 11.1 Å². The van der Waals surface area contributed by atoms with E-state index in [4.69, 9.17) is 9.47 Å². The van der Waals surface area contributed by atoms with Gasteiger partial charge in [-0.2, -0.15) is 0 Å². The number of carbonyl (C=O) groups excluding carboxylic acids is 1. The van der Waals surface area contributed by atoms with E-state index >= 15 is 0 Å². The molecule has 0 radical (unpaired) electrons. The Hall–Kier alpha value is -4.45. The molecule has 1 aromatic heterocycles. The number of ether oxygens (including phenoxy) is 2. The summed E-state index contributed by atoms with van der Waals surface area (Å²) >= 11 is 0. The van der Waals surface area contributed by atoms with Crippen LogP contribution in [0.3, 0.4) is 0 Å². The van der Waals surface area contributed by atoms with Gasteiger partial charge in [0.1, 0.15) is 30.5 Å². The molecule has 10 nitrogen and oxygen atoms in total. The largest absolute Gasteiger partial charge is 0.462 e. The molecule has 0 amide bonds. The van der Waals surface area contributed by atoms with Crippen LogP contribution in [-0.2, 0) is 20.7 Å². The predicted molar refractivity (Wildman–Crippen MR) is 244 cm³/mol. The topological polar surface area (TPSA) is 147 Å². The Kier molecular flexibility index (Phi) is 18.2. The van der Waals surface area contributed by atoms with Gasteiger partial charge in [-0.1, -0.05) is 151 Å². The normalized spacial score (nSPS) is 27.2. The van der Waals surface area contributed by atoms with Gasteiger partial charge in [-0.05, 0) is 89.2 Å². The van der Waals surface area contributed by atoms with Crippen molar-refractivity contribution in [1.82, 2.24) is 15.0 Å². The van der Waals surface area contributed by atoms with Gasteiger partial charge in [0.2, 0.25) is 0 Å². The van der Waals surface area contributed by atoms with Crippen LogP contribution < -0.4 is 0 Å². The van der Waals surface area contributed by atoms with Crippen LogP contribution in [0.4, 0.5) is 0 Å². The number of rotatable bonds is 16. The van der Waals surface area contributed by atoms with E-state index < -0.39 is 37.3 Å². The highest BCUT2D eigenvalue weighted by atomic mass is 16.6. The van der Waals surface area contributed by atoms with Crippen molar-refractivity contribution < 1.29 is 34.7 Å². The van der Waals surface area contributed by atoms with Gasteiger partial charge in [-0.25, -0.2) is 4.68 Å². The van der Waals surface area contributed by atoms with Crippen LogP contribution in [0.5, 0.6) is 0 Å². The summed E-state index contributed by atoms with van der Waals surface area (Å²) in [6.45, 7) is 21.3. The van der Waals surface area contributed by atoms with E-state index in [9.17, 15) is 25.2 Å². The number of hydrogen-bond donors (Lipinski definition) is 4. The zero-order valence-corrected chi connectivity index (χ0v) is 38.1. The molecule has 1 saturated heterocycles. The van der Waals surface area contributed by atoms with E-state index in [-0.39, 0.29) is 35.7 Å². The average Bonchev–Trinajstić information content (AvgIpc) is 3.65. The first kappa shape index (κ1) is 49.2. The minimum absolute atomic E-state index is 0.0879. The molecule has 10 heteroatoms. The second kappa shape index (κ2) is 22.6. The Balaban J connectivity index is 1.23. The summed E-state index contributed by atoms with van der Waals surface area (Å²) in [6, 6.07) is 0. The van der Waals surface area contributed by atoms with Gasteiger partial charge in [0.25, 0.3) is 0 Å². The van der Waals surface area contributed by atoms with Crippen LogP contribution in [0.25, 0.3) is 0 Å². The van der Waals surface area contributed by atoms with Crippen molar-refractivity contribution in [3.8, 4) is 0 Å². The fraction of sp³-hybridized carbons (Fsp3) is 0.510. The van der Waals surface area contributed by atoms with Crippen LogP contribution in [0, 0.1) is 10.8 Å². The molecule has 0 saturated carbocycles.